The van der Waals surface area contributed by atoms with Gasteiger partial charge in [-0.05, 0) is 12.8 Å². The van der Waals surface area contributed by atoms with Crippen molar-refractivity contribution in [3.63, 3.8) is 0 Å². The van der Waals surface area contributed by atoms with Crippen LogP contribution in [-0.4, -0.2) is 29.1 Å². The van der Waals surface area contributed by atoms with Gasteiger partial charge in [-0.1, -0.05) is 46.5 Å². The monoisotopic (exact) mass is 262 g/mol. The Morgan fingerprint density at radius 3 is 1.53 bits per heavy atom. The van der Waals surface area contributed by atoms with E-state index in [2.05, 4.69) is 20.8 Å². The van der Waals surface area contributed by atoms with Crippen molar-refractivity contribution in [1.29, 1.82) is 0 Å². The lowest BCUT2D eigenvalue weighted by molar-refractivity contribution is 0.0756. The smallest absolute Gasteiger partial charge is 0.377 e. The first-order valence-corrected chi connectivity index (χ1v) is 9.00. The Kier molecular flexibility index (Phi) is 11.3. The zero-order chi connectivity index (χ0) is 13.0. The van der Waals surface area contributed by atoms with Gasteiger partial charge in [-0.2, -0.15) is 0 Å². The van der Waals surface area contributed by atoms with Crippen LogP contribution in [0.2, 0.25) is 6.04 Å². The number of hydrogen-bond donors (Lipinski definition) is 0. The van der Waals surface area contributed by atoms with Crippen molar-refractivity contribution in [1.82, 2.24) is 0 Å². The van der Waals surface area contributed by atoms with Crippen LogP contribution in [0.4, 0.5) is 0 Å². The fourth-order valence-electron chi connectivity index (χ4n) is 1.67. The van der Waals surface area contributed by atoms with Crippen molar-refractivity contribution in [2.75, 3.05) is 20.3 Å². The van der Waals surface area contributed by atoms with E-state index in [1.165, 1.54) is 25.7 Å². The van der Waals surface area contributed by atoms with E-state index in [9.17, 15) is 0 Å². The summed E-state index contributed by atoms with van der Waals surface area (Å²) in [7, 11) is -0.626. The molecular formula is C13H30O3Si. The molecule has 0 radical (unpaired) electrons. The van der Waals surface area contributed by atoms with Gasteiger partial charge in [0, 0.05) is 26.4 Å². The zero-order valence-corrected chi connectivity index (χ0v) is 13.1. The number of rotatable bonds is 12. The third-order valence-corrected chi connectivity index (χ3v) is 5.66. The third-order valence-electron chi connectivity index (χ3n) is 2.88. The molecule has 0 spiro atoms. The Bertz CT molecular complexity index is 147. The van der Waals surface area contributed by atoms with Crippen LogP contribution in [0.5, 0.6) is 0 Å². The van der Waals surface area contributed by atoms with Gasteiger partial charge < -0.3 is 13.3 Å². The summed E-state index contributed by atoms with van der Waals surface area (Å²) < 4.78 is 17.4. The van der Waals surface area contributed by atoms with Gasteiger partial charge in [-0.25, -0.2) is 0 Å². The highest BCUT2D eigenvalue weighted by atomic mass is 28.4. The largest absolute Gasteiger partial charge is 0.500 e. The van der Waals surface area contributed by atoms with Crippen molar-refractivity contribution in [3.05, 3.63) is 0 Å². The molecule has 0 aliphatic rings. The summed E-state index contributed by atoms with van der Waals surface area (Å²) in [5.41, 5.74) is 0. The summed E-state index contributed by atoms with van der Waals surface area (Å²) in [4.78, 5) is 0. The molecule has 0 aliphatic heterocycles. The highest BCUT2D eigenvalue weighted by Crippen LogP contribution is 2.16. The Hall–Kier alpha value is 0.0969. The summed E-state index contributed by atoms with van der Waals surface area (Å²) in [6.45, 7) is 8.03. The molecule has 0 atom stereocenters. The second-order valence-corrected chi connectivity index (χ2v) is 7.41. The molecule has 0 saturated heterocycles. The number of hydrogen-bond acceptors (Lipinski definition) is 3. The third kappa shape index (κ3) is 7.92. The maximum atomic E-state index is 5.90. The molecule has 3 nitrogen and oxygen atoms in total. The molecule has 0 fully saturated rings. The summed E-state index contributed by atoms with van der Waals surface area (Å²) in [6.07, 6.45) is 7.07. The molecule has 0 aromatic carbocycles. The van der Waals surface area contributed by atoms with E-state index in [-0.39, 0.29) is 0 Å². The van der Waals surface area contributed by atoms with Crippen LogP contribution in [0.1, 0.15) is 59.3 Å². The lowest BCUT2D eigenvalue weighted by Crippen LogP contribution is -2.44. The van der Waals surface area contributed by atoms with Crippen molar-refractivity contribution < 1.29 is 13.3 Å². The maximum Gasteiger partial charge on any atom is 0.500 e. The number of unbranched alkanes of at least 4 members (excludes halogenated alkanes) is 4. The zero-order valence-electron chi connectivity index (χ0n) is 12.1. The van der Waals surface area contributed by atoms with Gasteiger partial charge in [-0.15, -0.1) is 0 Å². The van der Waals surface area contributed by atoms with Gasteiger partial charge in [0.2, 0.25) is 0 Å². The van der Waals surface area contributed by atoms with Crippen molar-refractivity contribution >= 4 is 8.80 Å². The molecular weight excluding hydrogens is 232 g/mol. The molecule has 4 heteroatoms. The molecule has 0 saturated carbocycles. The minimum Gasteiger partial charge on any atom is -0.377 e. The lowest BCUT2D eigenvalue weighted by atomic mass is 10.3. The predicted molar refractivity (Wildman–Crippen MR) is 74.2 cm³/mol. The van der Waals surface area contributed by atoms with Crippen LogP contribution in [0.15, 0.2) is 0 Å². The summed E-state index contributed by atoms with van der Waals surface area (Å²) >= 11 is 0. The minimum atomic E-state index is -2.34. The Balaban J connectivity index is 3.88. The van der Waals surface area contributed by atoms with E-state index in [1.54, 1.807) is 7.11 Å². The van der Waals surface area contributed by atoms with E-state index >= 15 is 0 Å². The van der Waals surface area contributed by atoms with E-state index in [0.717, 1.165) is 32.1 Å². The van der Waals surface area contributed by atoms with Crippen LogP contribution in [0.25, 0.3) is 0 Å². The van der Waals surface area contributed by atoms with Crippen molar-refractivity contribution in [2.45, 2.75) is 65.3 Å². The average molecular weight is 262 g/mol. The van der Waals surface area contributed by atoms with Crippen LogP contribution in [-0.2, 0) is 13.3 Å². The summed E-state index contributed by atoms with van der Waals surface area (Å²) in [6, 6.07) is 0.863. The first-order chi connectivity index (χ1) is 8.24. The van der Waals surface area contributed by atoms with Crippen LogP contribution in [0.3, 0.4) is 0 Å². The molecule has 104 valence electrons. The summed E-state index contributed by atoms with van der Waals surface area (Å²) in [5.74, 6) is 0. The lowest BCUT2D eigenvalue weighted by Gasteiger charge is -2.27. The van der Waals surface area contributed by atoms with E-state index in [0.29, 0.717) is 0 Å². The first kappa shape index (κ1) is 17.1. The molecule has 0 aliphatic carbocycles. The van der Waals surface area contributed by atoms with E-state index in [1.807, 2.05) is 0 Å². The molecule has 0 N–H and O–H groups in total. The second kappa shape index (κ2) is 11.2. The van der Waals surface area contributed by atoms with Crippen molar-refractivity contribution in [3.8, 4) is 0 Å². The quantitative estimate of drug-likeness (QED) is 0.393. The van der Waals surface area contributed by atoms with E-state index in [4.69, 9.17) is 13.3 Å². The fraction of sp³-hybridized carbons (Fsp3) is 1.00. The molecule has 0 aromatic heterocycles. The maximum absolute atomic E-state index is 5.90. The molecule has 0 amide bonds. The molecule has 0 unspecified atom stereocenters. The average Bonchev–Trinajstić information content (AvgIpc) is 2.37. The van der Waals surface area contributed by atoms with Crippen molar-refractivity contribution in [2.24, 2.45) is 0 Å². The molecule has 0 aromatic rings. The Morgan fingerprint density at radius 2 is 1.24 bits per heavy atom. The van der Waals surface area contributed by atoms with Gasteiger partial charge in [0.05, 0.1) is 0 Å². The minimum absolute atomic E-state index is 0.773. The van der Waals surface area contributed by atoms with E-state index < -0.39 is 8.80 Å². The standard InChI is InChI=1S/C13H30O3Si/c1-5-8-10-12-15-17(7-3,14-4)16-13-11-9-6-2/h5-13H2,1-4H3. The summed E-state index contributed by atoms with van der Waals surface area (Å²) in [5, 5.41) is 0. The second-order valence-electron chi connectivity index (χ2n) is 4.35. The highest BCUT2D eigenvalue weighted by molar-refractivity contribution is 6.60. The highest BCUT2D eigenvalue weighted by Gasteiger charge is 2.37. The van der Waals surface area contributed by atoms with Gasteiger partial charge in [0.15, 0.2) is 0 Å². The van der Waals surface area contributed by atoms with Crippen LogP contribution < -0.4 is 0 Å². The SMILES string of the molecule is CCCCCO[Si](CC)(OC)OCCCCC. The topological polar surface area (TPSA) is 27.7 Å². The molecule has 0 heterocycles. The molecule has 17 heavy (non-hydrogen) atoms. The Morgan fingerprint density at radius 1 is 0.765 bits per heavy atom. The molecule has 0 bridgehead atoms. The molecule has 0 rings (SSSR count). The fourth-order valence-corrected chi connectivity index (χ4v) is 3.59. The predicted octanol–water partition coefficient (Wildman–Crippen LogP) is 4.01. The van der Waals surface area contributed by atoms with Gasteiger partial charge in [-0.3, -0.25) is 0 Å². The van der Waals surface area contributed by atoms with Gasteiger partial charge in [0.1, 0.15) is 0 Å². The Labute approximate surface area is 108 Å². The van der Waals surface area contributed by atoms with Crippen LogP contribution in [0, 0.1) is 0 Å². The van der Waals surface area contributed by atoms with Crippen LogP contribution >= 0.6 is 0 Å². The van der Waals surface area contributed by atoms with Gasteiger partial charge >= 0.3 is 8.80 Å². The normalized spacial score (nSPS) is 12.0. The van der Waals surface area contributed by atoms with Gasteiger partial charge in [0.25, 0.3) is 0 Å². The first-order valence-electron chi connectivity index (χ1n) is 7.07.